The van der Waals surface area contributed by atoms with Crippen LogP contribution >= 0.6 is 0 Å². The molecule has 1 aliphatic heterocycles. The lowest BCUT2D eigenvalue weighted by Crippen LogP contribution is -2.34. The van der Waals surface area contributed by atoms with E-state index >= 15 is 0 Å². The zero-order valence-electron chi connectivity index (χ0n) is 16.9. The van der Waals surface area contributed by atoms with Crippen molar-refractivity contribution < 1.29 is 41.5 Å². The quantitative estimate of drug-likeness (QED) is 0.257. The highest BCUT2D eigenvalue weighted by molar-refractivity contribution is 5.90. The number of likely N-dealkylation sites (tertiary alicyclic amines) is 1. The molecule has 0 saturated carbocycles. The lowest BCUT2D eigenvalue weighted by Gasteiger charge is -2.25. The number of hydrogen-bond acceptors (Lipinski definition) is 5. The number of β-amino-alcohol motifs (C(OH)–C–C–N with tert-alkyl or cyclic N) is 1. The van der Waals surface area contributed by atoms with Crippen LogP contribution in [0, 0.1) is 0 Å². The summed E-state index contributed by atoms with van der Waals surface area (Å²) in [5.74, 6) is -0.710. The first-order valence-electron chi connectivity index (χ1n) is 9.72. The summed E-state index contributed by atoms with van der Waals surface area (Å²) in [6, 6.07) is 6.06. The molecule has 3 N–H and O–H groups in total. The highest BCUT2D eigenvalue weighted by Gasteiger charge is 2.43. The average molecular weight is 478 g/mol. The molecule has 7 nitrogen and oxygen atoms in total. The van der Waals surface area contributed by atoms with Crippen molar-refractivity contribution in [3.8, 4) is 0 Å². The standard InChI is InChI=1S/C20H20F6N4O3/c21-19(22,23)16-8-17(20(24,25)26)30(27-16)10-14-7-15(31)11-29(14)9-13-3-1-12(2-4-13)5-6-18(32)28-33/h1-6,8,14-15,31,33H,7,9-11H2,(H,28,32)/t14-,15-/m1/s1. The van der Waals surface area contributed by atoms with Gasteiger partial charge in [0, 0.05) is 31.3 Å². The second kappa shape index (κ2) is 9.53. The highest BCUT2D eigenvalue weighted by Crippen LogP contribution is 2.36. The number of aliphatic hydroxyl groups excluding tert-OH is 1. The lowest BCUT2D eigenvalue weighted by atomic mass is 10.1. The van der Waals surface area contributed by atoms with Crippen LogP contribution in [0.1, 0.15) is 28.9 Å². The van der Waals surface area contributed by atoms with Gasteiger partial charge in [-0.25, -0.2) is 5.48 Å². The molecule has 2 atom stereocenters. The minimum absolute atomic E-state index is 0.0149. The molecule has 1 fully saturated rings. The Morgan fingerprint density at radius 2 is 1.82 bits per heavy atom. The van der Waals surface area contributed by atoms with Gasteiger partial charge in [-0.2, -0.15) is 31.4 Å². The van der Waals surface area contributed by atoms with Crippen molar-refractivity contribution in [2.24, 2.45) is 0 Å². The van der Waals surface area contributed by atoms with Gasteiger partial charge >= 0.3 is 12.4 Å². The number of carbonyl (C=O) groups is 1. The summed E-state index contributed by atoms with van der Waals surface area (Å²) >= 11 is 0. The van der Waals surface area contributed by atoms with Crippen molar-refractivity contribution in [2.45, 2.75) is 44.0 Å². The molecule has 1 saturated heterocycles. The van der Waals surface area contributed by atoms with Gasteiger partial charge in [-0.05, 0) is 23.6 Å². The monoisotopic (exact) mass is 478 g/mol. The molecular formula is C20H20F6N4O3. The number of aromatic nitrogens is 2. The molecule has 1 amide bonds. The maximum atomic E-state index is 13.3. The Morgan fingerprint density at radius 3 is 2.39 bits per heavy atom. The van der Waals surface area contributed by atoms with Crippen LogP contribution in [0.4, 0.5) is 26.3 Å². The fraction of sp³-hybridized carbons (Fsp3) is 0.400. The number of halogens is 6. The number of hydrogen-bond donors (Lipinski definition) is 3. The third kappa shape index (κ3) is 6.33. The van der Waals surface area contributed by atoms with Gasteiger partial charge in [-0.1, -0.05) is 24.3 Å². The zero-order valence-corrected chi connectivity index (χ0v) is 16.9. The minimum atomic E-state index is -5.02. The topological polar surface area (TPSA) is 90.6 Å². The summed E-state index contributed by atoms with van der Waals surface area (Å²) in [5, 5.41) is 21.6. The van der Waals surface area contributed by atoms with Crippen molar-refractivity contribution in [3.05, 3.63) is 58.9 Å². The fourth-order valence-electron chi connectivity index (χ4n) is 3.64. The van der Waals surface area contributed by atoms with Crippen LogP contribution in [0.25, 0.3) is 6.08 Å². The van der Waals surface area contributed by atoms with E-state index in [4.69, 9.17) is 5.21 Å². The van der Waals surface area contributed by atoms with E-state index in [1.807, 2.05) is 0 Å². The number of alkyl halides is 6. The molecule has 2 heterocycles. The van der Waals surface area contributed by atoms with Crippen LogP contribution in [0.3, 0.4) is 0 Å². The van der Waals surface area contributed by atoms with Crippen LogP contribution in [-0.2, 0) is 30.2 Å². The first kappa shape index (κ1) is 24.7. The van der Waals surface area contributed by atoms with E-state index in [-0.39, 0.29) is 25.6 Å². The molecule has 180 valence electrons. The molecule has 0 aliphatic carbocycles. The van der Waals surface area contributed by atoms with E-state index in [2.05, 4.69) is 5.10 Å². The Labute approximate surface area is 183 Å². The zero-order chi connectivity index (χ0) is 24.4. The Hall–Kier alpha value is -2.90. The second-order valence-corrected chi connectivity index (χ2v) is 7.62. The summed E-state index contributed by atoms with van der Waals surface area (Å²) in [6.45, 7) is -0.103. The molecule has 3 rings (SSSR count). The minimum Gasteiger partial charge on any atom is -0.392 e. The average Bonchev–Trinajstić information content (AvgIpc) is 3.31. The summed E-state index contributed by atoms with van der Waals surface area (Å²) < 4.78 is 78.9. The Bertz CT molecular complexity index is 1000. The number of hydroxylamine groups is 1. The molecular weight excluding hydrogens is 458 g/mol. The summed E-state index contributed by atoms with van der Waals surface area (Å²) in [4.78, 5) is 12.7. The van der Waals surface area contributed by atoms with Crippen molar-refractivity contribution >= 4 is 12.0 Å². The summed E-state index contributed by atoms with van der Waals surface area (Å²) in [6.07, 6.45) is -8.24. The lowest BCUT2D eigenvalue weighted by molar-refractivity contribution is -0.144. The van der Waals surface area contributed by atoms with Gasteiger partial charge in [-0.15, -0.1) is 0 Å². The number of rotatable bonds is 6. The SMILES string of the molecule is O=C(C=Cc1ccc(CN2C[C@H](O)C[C@@H]2Cn2nc(C(F)(F)F)cc2C(F)(F)F)cc1)NO. The smallest absolute Gasteiger partial charge is 0.392 e. The molecule has 2 aromatic rings. The van der Waals surface area contributed by atoms with Gasteiger partial charge in [0.15, 0.2) is 5.69 Å². The van der Waals surface area contributed by atoms with Crippen LogP contribution in [0.15, 0.2) is 36.4 Å². The molecule has 33 heavy (non-hydrogen) atoms. The normalized spacial score (nSPS) is 20.0. The Morgan fingerprint density at radius 1 is 1.15 bits per heavy atom. The third-order valence-electron chi connectivity index (χ3n) is 5.15. The van der Waals surface area contributed by atoms with E-state index in [0.717, 1.165) is 11.6 Å². The van der Waals surface area contributed by atoms with E-state index in [1.165, 1.54) is 11.6 Å². The molecule has 0 radical (unpaired) electrons. The fourth-order valence-corrected chi connectivity index (χ4v) is 3.64. The first-order chi connectivity index (χ1) is 15.4. The maximum Gasteiger partial charge on any atom is 0.435 e. The molecule has 0 spiro atoms. The maximum absolute atomic E-state index is 13.3. The predicted octanol–water partition coefficient (Wildman–Crippen LogP) is 3.07. The van der Waals surface area contributed by atoms with E-state index in [9.17, 15) is 36.2 Å². The molecule has 1 aromatic heterocycles. The first-order valence-corrected chi connectivity index (χ1v) is 9.72. The largest absolute Gasteiger partial charge is 0.435 e. The number of amides is 1. The Kier molecular flexibility index (Phi) is 7.14. The molecule has 13 heteroatoms. The van der Waals surface area contributed by atoms with E-state index < -0.39 is 48.3 Å². The van der Waals surface area contributed by atoms with Crippen molar-refractivity contribution in [1.29, 1.82) is 0 Å². The highest BCUT2D eigenvalue weighted by atomic mass is 19.4. The second-order valence-electron chi connectivity index (χ2n) is 7.62. The number of nitrogens with zero attached hydrogens (tertiary/aromatic N) is 3. The predicted molar refractivity (Wildman–Crippen MR) is 102 cm³/mol. The van der Waals surface area contributed by atoms with Gasteiger partial charge in [0.25, 0.3) is 5.91 Å². The molecule has 1 aromatic carbocycles. The van der Waals surface area contributed by atoms with Gasteiger partial charge in [0.1, 0.15) is 5.69 Å². The van der Waals surface area contributed by atoms with E-state index in [1.54, 1.807) is 29.2 Å². The van der Waals surface area contributed by atoms with Crippen molar-refractivity contribution in [3.63, 3.8) is 0 Å². The number of carbonyl (C=O) groups excluding carboxylic acids is 1. The summed E-state index contributed by atoms with van der Waals surface area (Å²) in [5.41, 5.74) is -0.291. The molecule has 1 aliphatic rings. The molecule has 0 unspecified atom stereocenters. The van der Waals surface area contributed by atoms with Gasteiger partial charge in [0.2, 0.25) is 0 Å². The van der Waals surface area contributed by atoms with Gasteiger partial charge < -0.3 is 5.11 Å². The van der Waals surface area contributed by atoms with Crippen molar-refractivity contribution in [2.75, 3.05) is 6.54 Å². The molecule has 0 bridgehead atoms. The summed E-state index contributed by atoms with van der Waals surface area (Å²) in [7, 11) is 0. The third-order valence-corrected chi connectivity index (χ3v) is 5.15. The Balaban J connectivity index is 1.76. The van der Waals surface area contributed by atoms with Crippen LogP contribution in [0.5, 0.6) is 0 Å². The van der Waals surface area contributed by atoms with E-state index in [0.29, 0.717) is 10.2 Å². The van der Waals surface area contributed by atoms with Gasteiger partial charge in [-0.3, -0.25) is 19.6 Å². The van der Waals surface area contributed by atoms with Crippen molar-refractivity contribution in [1.82, 2.24) is 20.2 Å². The number of aliphatic hydroxyl groups is 1. The number of benzene rings is 1. The van der Waals surface area contributed by atoms with Crippen LogP contribution in [0.2, 0.25) is 0 Å². The van der Waals surface area contributed by atoms with Crippen LogP contribution < -0.4 is 5.48 Å². The van der Waals surface area contributed by atoms with Crippen LogP contribution in [-0.4, -0.2) is 49.6 Å². The van der Waals surface area contributed by atoms with Gasteiger partial charge in [0.05, 0.1) is 12.6 Å². The number of nitrogens with one attached hydrogen (secondary N) is 1.